The van der Waals surface area contributed by atoms with Gasteiger partial charge in [-0.15, -0.1) is 0 Å². The molecule has 0 N–H and O–H groups in total. The van der Waals surface area contributed by atoms with Crippen LogP contribution in [0.2, 0.25) is 0 Å². The molecule has 0 radical (unpaired) electrons. The van der Waals surface area contributed by atoms with Crippen LogP contribution in [0.15, 0.2) is 18.2 Å². The molecule has 0 amide bonds. The monoisotopic (exact) mass is 174 g/mol. The lowest BCUT2D eigenvalue weighted by atomic mass is 10.1. The molecule has 1 saturated carbocycles. The molecule has 0 aromatic heterocycles. The smallest absolute Gasteiger partial charge is 0.122 e. The highest BCUT2D eigenvalue weighted by atomic mass is 16.5. The average Bonchev–Trinajstić information content (AvgIpc) is 2.85. The van der Waals surface area contributed by atoms with Gasteiger partial charge in [0.2, 0.25) is 0 Å². The van der Waals surface area contributed by atoms with Gasteiger partial charge in [0.1, 0.15) is 5.75 Å². The second-order valence-electron chi connectivity index (χ2n) is 4.28. The lowest BCUT2D eigenvalue weighted by Crippen LogP contribution is -1.96. The Balaban J connectivity index is 2.09. The fourth-order valence-corrected chi connectivity index (χ4v) is 2.36. The Morgan fingerprint density at radius 1 is 1.38 bits per heavy atom. The predicted octanol–water partition coefficient (Wildman–Crippen LogP) is 2.88. The quantitative estimate of drug-likeness (QED) is 0.587. The fraction of sp³-hybridized carbons (Fsp3) is 0.500. The van der Waals surface area contributed by atoms with Gasteiger partial charge in [0.25, 0.3) is 0 Å². The Morgan fingerprint density at radius 2 is 2.31 bits per heavy atom. The van der Waals surface area contributed by atoms with E-state index < -0.39 is 0 Å². The minimum atomic E-state index is 0.817. The topological polar surface area (TPSA) is 9.23 Å². The van der Waals surface area contributed by atoms with Crippen molar-refractivity contribution in [1.29, 1.82) is 0 Å². The van der Waals surface area contributed by atoms with E-state index in [0.29, 0.717) is 0 Å². The Kier molecular flexibility index (Phi) is 1.43. The van der Waals surface area contributed by atoms with Gasteiger partial charge in [0, 0.05) is 0 Å². The number of ether oxygens (including phenoxy) is 1. The molecule has 2 atom stereocenters. The van der Waals surface area contributed by atoms with Crippen LogP contribution in [0.1, 0.15) is 29.9 Å². The summed E-state index contributed by atoms with van der Waals surface area (Å²) in [5.74, 6) is 2.87. The van der Waals surface area contributed by atoms with Gasteiger partial charge >= 0.3 is 0 Å². The minimum Gasteiger partial charge on any atom is -0.493 e. The molecule has 0 spiro atoms. The first-order chi connectivity index (χ1) is 6.34. The Morgan fingerprint density at radius 3 is 3.23 bits per heavy atom. The summed E-state index contributed by atoms with van der Waals surface area (Å²) in [5.41, 5.74) is 2.82. The zero-order valence-corrected chi connectivity index (χ0v) is 7.92. The molecule has 0 saturated heterocycles. The molecule has 1 nitrogen and oxygen atoms in total. The third kappa shape index (κ3) is 1.14. The molecule has 1 aliphatic carbocycles. The van der Waals surface area contributed by atoms with Crippen LogP contribution >= 0.6 is 0 Å². The van der Waals surface area contributed by atoms with E-state index in [1.807, 2.05) is 0 Å². The van der Waals surface area contributed by atoms with Crippen molar-refractivity contribution < 1.29 is 4.74 Å². The van der Waals surface area contributed by atoms with E-state index in [-0.39, 0.29) is 0 Å². The zero-order valence-electron chi connectivity index (χ0n) is 7.92. The molecule has 0 bridgehead atoms. The van der Waals surface area contributed by atoms with Crippen molar-refractivity contribution in [3.05, 3.63) is 29.3 Å². The molecule has 1 aliphatic heterocycles. The molecule has 1 heteroatoms. The van der Waals surface area contributed by atoms with E-state index in [4.69, 9.17) is 4.74 Å². The van der Waals surface area contributed by atoms with Crippen LogP contribution in [0, 0.1) is 12.8 Å². The third-order valence-corrected chi connectivity index (χ3v) is 3.23. The SMILES string of the molecule is Cc1ccc2c(c1)[C@@H]1CC1CCO2. The standard InChI is InChI=1S/C12H14O/c1-8-2-3-12-11(6-8)10-7-9(10)4-5-13-12/h2-3,6,9-10H,4-5,7H2,1H3/t9?,10-/m1/s1. The van der Waals surface area contributed by atoms with E-state index in [0.717, 1.165) is 24.2 Å². The normalized spacial score (nSPS) is 29.6. The molecule has 13 heavy (non-hydrogen) atoms. The lowest BCUT2D eigenvalue weighted by molar-refractivity contribution is 0.308. The number of hydrogen-bond donors (Lipinski definition) is 0. The van der Waals surface area contributed by atoms with Crippen molar-refractivity contribution in [3.8, 4) is 5.75 Å². The van der Waals surface area contributed by atoms with Crippen LogP contribution < -0.4 is 4.74 Å². The summed E-state index contributed by atoms with van der Waals surface area (Å²) in [4.78, 5) is 0. The maximum absolute atomic E-state index is 5.70. The number of benzene rings is 1. The molecule has 3 rings (SSSR count). The summed E-state index contributed by atoms with van der Waals surface area (Å²) in [7, 11) is 0. The number of fused-ring (bicyclic) bond motifs is 3. The van der Waals surface area contributed by atoms with E-state index in [1.165, 1.54) is 24.0 Å². The lowest BCUT2D eigenvalue weighted by Gasteiger charge is -2.08. The van der Waals surface area contributed by atoms with Crippen molar-refractivity contribution in [3.63, 3.8) is 0 Å². The molecular weight excluding hydrogens is 160 g/mol. The fourth-order valence-electron chi connectivity index (χ4n) is 2.36. The van der Waals surface area contributed by atoms with Crippen molar-refractivity contribution in [2.45, 2.75) is 25.7 Å². The number of hydrogen-bond acceptors (Lipinski definition) is 1. The summed E-state index contributed by atoms with van der Waals surface area (Å²) in [6.07, 6.45) is 2.64. The van der Waals surface area contributed by atoms with Gasteiger partial charge < -0.3 is 4.74 Å². The van der Waals surface area contributed by atoms with Crippen LogP contribution in [-0.2, 0) is 0 Å². The molecular formula is C12H14O. The van der Waals surface area contributed by atoms with Crippen LogP contribution in [-0.4, -0.2) is 6.61 Å². The van der Waals surface area contributed by atoms with E-state index in [1.54, 1.807) is 0 Å². The van der Waals surface area contributed by atoms with Crippen molar-refractivity contribution >= 4 is 0 Å². The molecule has 68 valence electrons. The summed E-state index contributed by atoms with van der Waals surface area (Å²) < 4.78 is 5.70. The van der Waals surface area contributed by atoms with Crippen LogP contribution in [0.3, 0.4) is 0 Å². The van der Waals surface area contributed by atoms with Gasteiger partial charge in [-0.2, -0.15) is 0 Å². The third-order valence-electron chi connectivity index (χ3n) is 3.23. The minimum absolute atomic E-state index is 0.817. The van der Waals surface area contributed by atoms with Gasteiger partial charge in [-0.3, -0.25) is 0 Å². The van der Waals surface area contributed by atoms with Crippen LogP contribution in [0.25, 0.3) is 0 Å². The molecule has 2 aliphatic rings. The first-order valence-electron chi connectivity index (χ1n) is 5.08. The maximum Gasteiger partial charge on any atom is 0.122 e. The van der Waals surface area contributed by atoms with E-state index in [9.17, 15) is 0 Å². The number of aryl methyl sites for hydroxylation is 1. The van der Waals surface area contributed by atoms with Gasteiger partial charge in [-0.05, 0) is 43.2 Å². The highest BCUT2D eigenvalue weighted by Crippen LogP contribution is 2.53. The highest BCUT2D eigenvalue weighted by Gasteiger charge is 2.41. The molecule has 1 aromatic carbocycles. The van der Waals surface area contributed by atoms with E-state index >= 15 is 0 Å². The molecule has 1 heterocycles. The predicted molar refractivity (Wildman–Crippen MR) is 52.1 cm³/mol. The van der Waals surface area contributed by atoms with Gasteiger partial charge in [0.15, 0.2) is 0 Å². The first-order valence-corrected chi connectivity index (χ1v) is 5.08. The van der Waals surface area contributed by atoms with Crippen molar-refractivity contribution in [1.82, 2.24) is 0 Å². The van der Waals surface area contributed by atoms with E-state index in [2.05, 4.69) is 25.1 Å². The maximum atomic E-state index is 5.70. The van der Waals surface area contributed by atoms with Gasteiger partial charge in [-0.25, -0.2) is 0 Å². The second kappa shape index (κ2) is 2.50. The summed E-state index contributed by atoms with van der Waals surface area (Å²) in [6.45, 7) is 3.07. The second-order valence-corrected chi connectivity index (χ2v) is 4.28. The molecule has 1 unspecified atom stereocenters. The summed E-state index contributed by atoms with van der Waals surface area (Å²) in [5, 5.41) is 0. The van der Waals surface area contributed by atoms with Gasteiger partial charge in [0.05, 0.1) is 6.61 Å². The van der Waals surface area contributed by atoms with Crippen molar-refractivity contribution in [2.75, 3.05) is 6.61 Å². The largest absolute Gasteiger partial charge is 0.493 e. The average molecular weight is 174 g/mol. The molecule has 1 fully saturated rings. The van der Waals surface area contributed by atoms with Gasteiger partial charge in [-0.1, -0.05) is 17.7 Å². The Labute approximate surface area is 78.7 Å². The summed E-state index contributed by atoms with van der Waals surface area (Å²) >= 11 is 0. The summed E-state index contributed by atoms with van der Waals surface area (Å²) in [6, 6.07) is 6.57. The Bertz CT molecular complexity index is 343. The Hall–Kier alpha value is -0.980. The number of rotatable bonds is 0. The highest BCUT2D eigenvalue weighted by molar-refractivity contribution is 5.43. The molecule has 1 aromatic rings. The van der Waals surface area contributed by atoms with Crippen LogP contribution in [0.4, 0.5) is 0 Å². The first kappa shape index (κ1) is 7.43. The zero-order chi connectivity index (χ0) is 8.84. The van der Waals surface area contributed by atoms with Crippen molar-refractivity contribution in [2.24, 2.45) is 5.92 Å². The van der Waals surface area contributed by atoms with Crippen LogP contribution in [0.5, 0.6) is 5.75 Å².